The topological polar surface area (TPSA) is 47.1 Å². The Balaban J connectivity index is 1.20. The second kappa shape index (κ2) is 15.9. The van der Waals surface area contributed by atoms with E-state index >= 15 is 0 Å². The zero-order valence-corrected chi connectivity index (χ0v) is 26.5. The molecule has 4 aromatic rings. The van der Waals surface area contributed by atoms with E-state index in [0.717, 1.165) is 36.1 Å². The number of benzene rings is 3. The van der Waals surface area contributed by atoms with Gasteiger partial charge >= 0.3 is 6.18 Å². The number of hydrogen-bond donors (Lipinski definition) is 0. The highest BCUT2D eigenvalue weighted by Crippen LogP contribution is 2.36. The maximum Gasteiger partial charge on any atom is 0.435 e. The van der Waals surface area contributed by atoms with Gasteiger partial charge in [-0.05, 0) is 47.6 Å². The Hall–Kier alpha value is -3.76. The summed E-state index contributed by atoms with van der Waals surface area (Å²) in [6.07, 6.45) is -2.40. The van der Waals surface area contributed by atoms with Crippen LogP contribution in [0.15, 0.2) is 109 Å². The van der Waals surface area contributed by atoms with Crippen LogP contribution in [0.25, 0.3) is 0 Å². The molecule has 0 radical (unpaired) electrons. The van der Waals surface area contributed by atoms with Crippen LogP contribution < -0.4 is 4.90 Å². The molecule has 0 bridgehead atoms. The van der Waals surface area contributed by atoms with Crippen LogP contribution in [0.3, 0.4) is 0 Å². The van der Waals surface area contributed by atoms with E-state index in [1.165, 1.54) is 12.3 Å². The third-order valence-corrected chi connectivity index (χ3v) is 8.94. The van der Waals surface area contributed by atoms with Crippen molar-refractivity contribution >= 4 is 5.69 Å². The normalized spacial score (nSPS) is 21.2. The van der Waals surface area contributed by atoms with E-state index in [2.05, 4.69) is 22.0 Å². The van der Waals surface area contributed by atoms with Crippen LogP contribution in [0, 0.1) is 5.92 Å². The summed E-state index contributed by atoms with van der Waals surface area (Å²) in [5.41, 5.74) is 2.57. The van der Waals surface area contributed by atoms with Crippen LogP contribution >= 0.6 is 0 Å². The van der Waals surface area contributed by atoms with Gasteiger partial charge in [-0.3, -0.25) is 4.90 Å². The van der Waals surface area contributed by atoms with Gasteiger partial charge in [-0.25, -0.2) is 4.98 Å². The van der Waals surface area contributed by atoms with Crippen LogP contribution in [-0.4, -0.2) is 60.9 Å². The summed E-state index contributed by atoms with van der Waals surface area (Å²) in [5, 5.41) is 0. The Kier molecular flexibility index (Phi) is 11.2. The van der Waals surface area contributed by atoms with Gasteiger partial charge in [0.15, 0.2) is 5.69 Å². The quantitative estimate of drug-likeness (QED) is 0.160. The third kappa shape index (κ3) is 9.20. The number of pyridine rings is 1. The Morgan fingerprint density at radius 1 is 0.660 bits per heavy atom. The standard InChI is InChI=1S/C38H42F3N3O3/c39-38(40,41)37-33(19-10-20-42-37)44-21-11-18-32(23-44)22-43-24-34(45-26-29-12-4-1-5-13-29)36(47-28-31-16-8-3-9-17-31)35(25-43)46-27-30-14-6-2-7-15-30/h1-10,12-17,19-20,32,34-36H,11,18,21-28H2/t32-,34-,35-/m1/s1. The number of piperidine rings is 2. The van der Waals surface area contributed by atoms with Crippen LogP contribution in [0.1, 0.15) is 35.2 Å². The molecule has 0 spiro atoms. The largest absolute Gasteiger partial charge is 0.435 e. The molecule has 2 saturated heterocycles. The van der Waals surface area contributed by atoms with Crippen molar-refractivity contribution in [2.45, 2.75) is 57.2 Å². The SMILES string of the molecule is FC(F)(F)c1ncccc1N1CCC[C@H](CN2C[C@@H](OCc3ccccc3)C(OCc3ccccc3)[C@H](OCc3ccccc3)C2)C1. The van der Waals surface area contributed by atoms with E-state index < -0.39 is 11.9 Å². The van der Waals surface area contributed by atoms with Crippen molar-refractivity contribution in [1.82, 2.24) is 9.88 Å². The molecule has 3 aromatic carbocycles. The number of alkyl halides is 3. The summed E-state index contributed by atoms with van der Waals surface area (Å²) in [4.78, 5) is 7.91. The summed E-state index contributed by atoms with van der Waals surface area (Å²) in [7, 11) is 0. The van der Waals surface area contributed by atoms with Gasteiger partial charge in [-0.2, -0.15) is 13.2 Å². The minimum Gasteiger partial charge on any atom is -0.369 e. The predicted octanol–water partition coefficient (Wildman–Crippen LogP) is 7.39. The minimum atomic E-state index is -4.50. The second-order valence-corrected chi connectivity index (χ2v) is 12.5. The number of anilines is 1. The predicted molar refractivity (Wildman–Crippen MR) is 176 cm³/mol. The van der Waals surface area contributed by atoms with Gasteiger partial charge in [0, 0.05) is 38.9 Å². The summed E-state index contributed by atoms with van der Waals surface area (Å²) in [5.74, 6) is 0.177. The Bertz CT molecular complexity index is 1460. The monoisotopic (exact) mass is 645 g/mol. The fourth-order valence-electron chi connectivity index (χ4n) is 6.68. The molecule has 0 N–H and O–H groups in total. The molecule has 248 valence electrons. The van der Waals surface area contributed by atoms with Gasteiger partial charge in [0.05, 0.1) is 37.7 Å². The van der Waals surface area contributed by atoms with Gasteiger partial charge in [-0.15, -0.1) is 0 Å². The minimum absolute atomic E-state index is 0.158. The first-order valence-corrected chi connectivity index (χ1v) is 16.4. The molecule has 2 aliphatic heterocycles. The lowest BCUT2D eigenvalue weighted by molar-refractivity contribution is -0.185. The molecule has 2 fully saturated rings. The smallest absolute Gasteiger partial charge is 0.369 e. The van der Waals surface area contributed by atoms with Gasteiger partial charge < -0.3 is 19.1 Å². The average Bonchev–Trinajstić information content (AvgIpc) is 3.10. The lowest BCUT2D eigenvalue weighted by Gasteiger charge is -2.45. The van der Waals surface area contributed by atoms with E-state index in [0.29, 0.717) is 46.0 Å². The molecule has 0 saturated carbocycles. The highest BCUT2D eigenvalue weighted by atomic mass is 19.4. The molecular weight excluding hydrogens is 603 g/mol. The number of ether oxygens (including phenoxy) is 3. The Morgan fingerprint density at radius 2 is 1.19 bits per heavy atom. The van der Waals surface area contributed by atoms with E-state index in [-0.39, 0.29) is 29.9 Å². The van der Waals surface area contributed by atoms with Crippen molar-refractivity contribution in [1.29, 1.82) is 0 Å². The van der Waals surface area contributed by atoms with Crippen molar-refractivity contribution < 1.29 is 27.4 Å². The lowest BCUT2D eigenvalue weighted by atomic mass is 9.94. The van der Waals surface area contributed by atoms with Crippen molar-refractivity contribution in [2.24, 2.45) is 5.92 Å². The van der Waals surface area contributed by atoms with Crippen molar-refractivity contribution in [3.8, 4) is 0 Å². The molecular formula is C38H42F3N3O3. The highest BCUT2D eigenvalue weighted by Gasteiger charge is 2.41. The van der Waals surface area contributed by atoms with Crippen LogP contribution in [0.4, 0.5) is 18.9 Å². The zero-order valence-electron chi connectivity index (χ0n) is 26.5. The van der Waals surface area contributed by atoms with E-state index in [1.807, 2.05) is 83.8 Å². The van der Waals surface area contributed by atoms with E-state index in [9.17, 15) is 13.2 Å². The second-order valence-electron chi connectivity index (χ2n) is 12.5. The van der Waals surface area contributed by atoms with Crippen molar-refractivity contribution in [3.05, 3.63) is 132 Å². The van der Waals surface area contributed by atoms with Crippen LogP contribution in [0.5, 0.6) is 0 Å². The first kappa shape index (κ1) is 33.2. The van der Waals surface area contributed by atoms with E-state index in [4.69, 9.17) is 14.2 Å². The number of likely N-dealkylation sites (tertiary alicyclic amines) is 1. The Labute approximate surface area is 275 Å². The summed E-state index contributed by atoms with van der Waals surface area (Å²) in [6, 6.07) is 33.4. The summed E-state index contributed by atoms with van der Waals surface area (Å²) >= 11 is 0. The molecule has 6 nitrogen and oxygen atoms in total. The average molecular weight is 646 g/mol. The first-order chi connectivity index (χ1) is 22.9. The fourth-order valence-corrected chi connectivity index (χ4v) is 6.68. The molecule has 6 rings (SSSR count). The first-order valence-electron chi connectivity index (χ1n) is 16.4. The lowest BCUT2D eigenvalue weighted by Crippen LogP contribution is -2.59. The molecule has 0 aliphatic carbocycles. The number of halogens is 3. The maximum absolute atomic E-state index is 13.8. The molecule has 2 aliphatic rings. The highest BCUT2D eigenvalue weighted by molar-refractivity contribution is 5.52. The number of nitrogens with zero attached hydrogens (tertiary/aromatic N) is 3. The summed E-state index contributed by atoms with van der Waals surface area (Å²) < 4.78 is 61.3. The van der Waals surface area contributed by atoms with Crippen molar-refractivity contribution in [3.63, 3.8) is 0 Å². The molecule has 0 unspecified atom stereocenters. The van der Waals surface area contributed by atoms with E-state index in [1.54, 1.807) is 6.07 Å². The molecule has 3 atom stereocenters. The van der Waals surface area contributed by atoms with Gasteiger partial charge in [0.2, 0.25) is 0 Å². The molecule has 3 heterocycles. The number of hydrogen-bond acceptors (Lipinski definition) is 6. The van der Waals surface area contributed by atoms with Gasteiger partial charge in [0.1, 0.15) is 6.10 Å². The molecule has 0 amide bonds. The number of aromatic nitrogens is 1. The third-order valence-electron chi connectivity index (χ3n) is 8.94. The van der Waals surface area contributed by atoms with Crippen molar-refractivity contribution in [2.75, 3.05) is 37.6 Å². The molecule has 9 heteroatoms. The van der Waals surface area contributed by atoms with Crippen LogP contribution in [-0.2, 0) is 40.2 Å². The van der Waals surface area contributed by atoms with Gasteiger partial charge in [-0.1, -0.05) is 91.0 Å². The Morgan fingerprint density at radius 3 is 1.72 bits per heavy atom. The number of rotatable bonds is 12. The fraction of sp³-hybridized carbons (Fsp3) is 0.395. The maximum atomic E-state index is 13.8. The summed E-state index contributed by atoms with van der Waals surface area (Å²) in [6.45, 7) is 4.41. The van der Waals surface area contributed by atoms with Gasteiger partial charge in [0.25, 0.3) is 0 Å². The zero-order chi connectivity index (χ0) is 32.5. The molecule has 47 heavy (non-hydrogen) atoms. The molecule has 1 aromatic heterocycles. The van der Waals surface area contributed by atoms with Crippen LogP contribution in [0.2, 0.25) is 0 Å².